The normalized spacial score (nSPS) is 19.1. The molecule has 0 aliphatic carbocycles. The number of ether oxygens (including phenoxy) is 2. The molecule has 1 saturated heterocycles. The molecule has 2 aliphatic rings. The molecule has 134 valence electrons. The van der Waals surface area contributed by atoms with Crippen LogP contribution in [0.25, 0.3) is 6.08 Å². The summed E-state index contributed by atoms with van der Waals surface area (Å²) in [6.45, 7) is 3.35. The molecule has 1 amide bonds. The SMILES string of the molecule is C/C(=C\c1ccccc1F)C(=O)N1CCC(c2ccc3c(c2)OCO3)C1. The number of benzene rings is 2. The van der Waals surface area contributed by atoms with E-state index in [2.05, 4.69) is 0 Å². The van der Waals surface area contributed by atoms with Crippen molar-refractivity contribution in [3.05, 3.63) is 65.0 Å². The molecule has 26 heavy (non-hydrogen) atoms. The minimum Gasteiger partial charge on any atom is -0.454 e. The van der Waals surface area contributed by atoms with Crippen LogP contribution >= 0.6 is 0 Å². The van der Waals surface area contributed by atoms with Gasteiger partial charge in [0.2, 0.25) is 12.7 Å². The monoisotopic (exact) mass is 353 g/mol. The number of fused-ring (bicyclic) bond motifs is 1. The third-order valence-electron chi connectivity index (χ3n) is 4.96. The summed E-state index contributed by atoms with van der Waals surface area (Å²) in [4.78, 5) is 14.6. The van der Waals surface area contributed by atoms with E-state index in [4.69, 9.17) is 9.47 Å². The molecule has 4 nitrogen and oxygen atoms in total. The van der Waals surface area contributed by atoms with Crippen molar-refractivity contribution in [2.24, 2.45) is 0 Å². The van der Waals surface area contributed by atoms with Gasteiger partial charge in [-0.05, 0) is 43.2 Å². The predicted octanol–water partition coefficient (Wildman–Crippen LogP) is 3.97. The first-order valence-electron chi connectivity index (χ1n) is 8.73. The van der Waals surface area contributed by atoms with Crippen molar-refractivity contribution in [2.45, 2.75) is 19.3 Å². The van der Waals surface area contributed by atoms with E-state index in [1.54, 1.807) is 31.2 Å². The van der Waals surface area contributed by atoms with Crippen LogP contribution in [-0.2, 0) is 4.79 Å². The zero-order valence-electron chi connectivity index (χ0n) is 14.6. The summed E-state index contributed by atoms with van der Waals surface area (Å²) in [5, 5.41) is 0. The Hall–Kier alpha value is -2.82. The number of likely N-dealkylation sites (tertiary alicyclic amines) is 1. The first-order chi connectivity index (χ1) is 12.6. The second kappa shape index (κ2) is 6.83. The zero-order valence-corrected chi connectivity index (χ0v) is 14.6. The maximum Gasteiger partial charge on any atom is 0.249 e. The highest BCUT2D eigenvalue weighted by molar-refractivity contribution is 5.97. The highest BCUT2D eigenvalue weighted by Crippen LogP contribution is 2.37. The lowest BCUT2D eigenvalue weighted by atomic mass is 9.98. The number of carbonyl (C=O) groups excluding carboxylic acids is 1. The summed E-state index contributed by atoms with van der Waals surface area (Å²) in [5.41, 5.74) is 2.13. The van der Waals surface area contributed by atoms with E-state index in [1.165, 1.54) is 6.07 Å². The molecule has 0 radical (unpaired) electrons. The van der Waals surface area contributed by atoms with E-state index in [0.29, 0.717) is 24.2 Å². The number of hydrogen-bond acceptors (Lipinski definition) is 3. The second-order valence-electron chi connectivity index (χ2n) is 6.70. The van der Waals surface area contributed by atoms with Crippen molar-refractivity contribution in [2.75, 3.05) is 19.9 Å². The Balaban J connectivity index is 1.46. The largest absolute Gasteiger partial charge is 0.454 e. The quantitative estimate of drug-likeness (QED) is 0.784. The van der Waals surface area contributed by atoms with Crippen molar-refractivity contribution < 1.29 is 18.7 Å². The molecule has 2 heterocycles. The molecule has 2 aromatic carbocycles. The standard InChI is InChI=1S/C21H20FNO3/c1-14(10-16-4-2-3-5-18(16)22)21(24)23-9-8-17(12-23)15-6-7-19-20(11-15)26-13-25-19/h2-7,10-11,17H,8-9,12-13H2,1H3/b14-10+. The summed E-state index contributed by atoms with van der Waals surface area (Å²) >= 11 is 0. The molecule has 0 spiro atoms. The molecule has 2 aromatic rings. The third kappa shape index (κ3) is 3.17. The van der Waals surface area contributed by atoms with Crippen molar-refractivity contribution in [3.63, 3.8) is 0 Å². The van der Waals surface area contributed by atoms with E-state index < -0.39 is 0 Å². The maximum atomic E-state index is 13.8. The molecule has 1 atom stereocenters. The molecule has 0 bridgehead atoms. The Morgan fingerprint density at radius 1 is 1.19 bits per heavy atom. The molecule has 2 aliphatic heterocycles. The van der Waals surface area contributed by atoms with Gasteiger partial charge in [0.25, 0.3) is 0 Å². The average molecular weight is 353 g/mol. The van der Waals surface area contributed by atoms with Gasteiger partial charge < -0.3 is 14.4 Å². The lowest BCUT2D eigenvalue weighted by Gasteiger charge is -2.17. The molecule has 1 unspecified atom stereocenters. The van der Waals surface area contributed by atoms with Crippen LogP contribution in [0.4, 0.5) is 4.39 Å². The first-order valence-corrected chi connectivity index (χ1v) is 8.73. The van der Waals surface area contributed by atoms with Crippen LogP contribution in [-0.4, -0.2) is 30.7 Å². The summed E-state index contributed by atoms with van der Waals surface area (Å²) < 4.78 is 24.6. The van der Waals surface area contributed by atoms with E-state index >= 15 is 0 Å². The highest BCUT2D eigenvalue weighted by Gasteiger charge is 2.29. The van der Waals surface area contributed by atoms with Crippen molar-refractivity contribution in [1.29, 1.82) is 0 Å². The number of amides is 1. The van der Waals surface area contributed by atoms with Gasteiger partial charge in [0.15, 0.2) is 11.5 Å². The van der Waals surface area contributed by atoms with Crippen LogP contribution in [0.15, 0.2) is 48.0 Å². The van der Waals surface area contributed by atoms with Gasteiger partial charge in [0.1, 0.15) is 5.82 Å². The van der Waals surface area contributed by atoms with Crippen LogP contribution in [0.1, 0.15) is 30.4 Å². The fourth-order valence-corrected chi connectivity index (χ4v) is 3.52. The predicted molar refractivity (Wildman–Crippen MR) is 96.6 cm³/mol. The molecule has 0 N–H and O–H groups in total. The van der Waals surface area contributed by atoms with Gasteiger partial charge in [-0.3, -0.25) is 4.79 Å². The summed E-state index contributed by atoms with van der Waals surface area (Å²) in [6, 6.07) is 12.4. The molecule has 4 rings (SSSR count). The van der Waals surface area contributed by atoms with Gasteiger partial charge in [-0.25, -0.2) is 4.39 Å². The van der Waals surface area contributed by atoms with Gasteiger partial charge in [-0.1, -0.05) is 24.3 Å². The maximum absolute atomic E-state index is 13.8. The van der Waals surface area contributed by atoms with Crippen LogP contribution in [0.3, 0.4) is 0 Å². The lowest BCUT2D eigenvalue weighted by Crippen LogP contribution is -2.29. The van der Waals surface area contributed by atoms with Crippen molar-refractivity contribution in [1.82, 2.24) is 4.90 Å². The molecule has 1 fully saturated rings. The lowest BCUT2D eigenvalue weighted by molar-refractivity contribution is -0.126. The molecular formula is C21H20FNO3. The van der Waals surface area contributed by atoms with Crippen molar-refractivity contribution >= 4 is 12.0 Å². The highest BCUT2D eigenvalue weighted by atomic mass is 19.1. The Morgan fingerprint density at radius 2 is 2.00 bits per heavy atom. The second-order valence-corrected chi connectivity index (χ2v) is 6.70. The minimum atomic E-state index is -0.320. The smallest absolute Gasteiger partial charge is 0.249 e. The number of hydrogen-bond donors (Lipinski definition) is 0. The topological polar surface area (TPSA) is 38.8 Å². The summed E-state index contributed by atoms with van der Waals surface area (Å²) in [6.07, 6.45) is 2.52. The average Bonchev–Trinajstić information content (AvgIpc) is 3.31. The first kappa shape index (κ1) is 16.6. The number of rotatable bonds is 3. The van der Waals surface area contributed by atoms with Crippen LogP contribution in [0, 0.1) is 5.82 Å². The van der Waals surface area contributed by atoms with Crippen LogP contribution < -0.4 is 9.47 Å². The molecule has 0 aromatic heterocycles. The van der Waals surface area contributed by atoms with Crippen LogP contribution in [0.2, 0.25) is 0 Å². The molecule has 0 saturated carbocycles. The summed E-state index contributed by atoms with van der Waals surface area (Å²) in [7, 11) is 0. The Bertz CT molecular complexity index is 877. The Morgan fingerprint density at radius 3 is 2.85 bits per heavy atom. The van der Waals surface area contributed by atoms with Crippen LogP contribution in [0.5, 0.6) is 11.5 Å². The molecule has 5 heteroatoms. The number of nitrogens with zero attached hydrogens (tertiary/aromatic N) is 1. The minimum absolute atomic E-state index is 0.0449. The molecular weight excluding hydrogens is 333 g/mol. The van der Waals surface area contributed by atoms with Gasteiger partial charge in [-0.15, -0.1) is 0 Å². The van der Waals surface area contributed by atoms with E-state index in [0.717, 1.165) is 23.5 Å². The Kier molecular flexibility index (Phi) is 4.37. The zero-order chi connectivity index (χ0) is 18.1. The van der Waals surface area contributed by atoms with Gasteiger partial charge in [0, 0.05) is 30.1 Å². The number of halogens is 1. The van der Waals surface area contributed by atoms with Gasteiger partial charge in [-0.2, -0.15) is 0 Å². The summed E-state index contributed by atoms with van der Waals surface area (Å²) in [5.74, 6) is 1.44. The van der Waals surface area contributed by atoms with E-state index in [9.17, 15) is 9.18 Å². The number of carbonyl (C=O) groups is 1. The van der Waals surface area contributed by atoms with Gasteiger partial charge >= 0.3 is 0 Å². The van der Waals surface area contributed by atoms with Crippen molar-refractivity contribution in [3.8, 4) is 11.5 Å². The fraction of sp³-hybridized carbons (Fsp3) is 0.286. The van der Waals surface area contributed by atoms with Gasteiger partial charge in [0.05, 0.1) is 0 Å². The Labute approximate surface area is 151 Å². The third-order valence-corrected chi connectivity index (χ3v) is 4.96. The van der Waals surface area contributed by atoms with E-state index in [1.807, 2.05) is 23.1 Å². The van der Waals surface area contributed by atoms with E-state index in [-0.39, 0.29) is 24.4 Å². The fourth-order valence-electron chi connectivity index (χ4n) is 3.52.